The van der Waals surface area contributed by atoms with Gasteiger partial charge in [0.15, 0.2) is 0 Å². The van der Waals surface area contributed by atoms with Crippen molar-refractivity contribution in [2.75, 3.05) is 18.5 Å². The fraction of sp³-hybridized carbons (Fsp3) is 0.667. The summed E-state index contributed by atoms with van der Waals surface area (Å²) < 4.78 is 5.53. The lowest BCUT2D eigenvalue weighted by atomic mass is 10.1. The Morgan fingerprint density at radius 1 is 1.17 bits per heavy atom. The van der Waals surface area contributed by atoms with E-state index in [0.29, 0.717) is 18.3 Å². The molecule has 2 heterocycles. The van der Waals surface area contributed by atoms with Crippen LogP contribution in [0.4, 0.5) is 5.69 Å². The maximum Gasteiger partial charge on any atom is 0.270 e. The van der Waals surface area contributed by atoms with Crippen molar-refractivity contribution >= 4 is 11.6 Å². The van der Waals surface area contributed by atoms with E-state index >= 15 is 0 Å². The van der Waals surface area contributed by atoms with Gasteiger partial charge in [0.25, 0.3) is 5.91 Å². The first-order valence-corrected chi connectivity index (χ1v) is 8.93. The molecule has 1 unspecified atom stereocenters. The number of carbonyl (C=O) groups excluding carboxylic acids is 1. The van der Waals surface area contributed by atoms with Crippen molar-refractivity contribution < 1.29 is 9.53 Å². The first-order valence-electron chi connectivity index (χ1n) is 8.93. The molecule has 0 bridgehead atoms. The van der Waals surface area contributed by atoms with Crippen LogP contribution in [0, 0.1) is 0 Å². The molecular weight excluding hydrogens is 290 g/mol. The van der Waals surface area contributed by atoms with Gasteiger partial charge >= 0.3 is 0 Å². The highest BCUT2D eigenvalue weighted by molar-refractivity contribution is 5.93. The molecule has 1 saturated carbocycles. The smallest absolute Gasteiger partial charge is 0.270 e. The Morgan fingerprint density at radius 3 is 2.74 bits per heavy atom. The van der Waals surface area contributed by atoms with Crippen LogP contribution in [-0.2, 0) is 4.74 Å². The highest BCUT2D eigenvalue weighted by atomic mass is 16.5. The molecule has 5 nitrogen and oxygen atoms in total. The lowest BCUT2D eigenvalue weighted by molar-refractivity contribution is 0.0854. The molecule has 23 heavy (non-hydrogen) atoms. The molecule has 1 amide bonds. The van der Waals surface area contributed by atoms with Gasteiger partial charge in [-0.05, 0) is 37.8 Å². The minimum absolute atomic E-state index is 0.120. The van der Waals surface area contributed by atoms with Gasteiger partial charge in [-0.1, -0.05) is 25.7 Å². The summed E-state index contributed by atoms with van der Waals surface area (Å²) in [5, 5.41) is 6.50. The molecule has 126 valence electrons. The molecule has 0 spiro atoms. The zero-order chi connectivity index (χ0) is 15.9. The van der Waals surface area contributed by atoms with Crippen molar-refractivity contribution in [2.24, 2.45) is 0 Å². The molecule has 2 aliphatic rings. The van der Waals surface area contributed by atoms with E-state index in [-0.39, 0.29) is 12.0 Å². The van der Waals surface area contributed by atoms with Crippen LogP contribution >= 0.6 is 0 Å². The molecule has 2 N–H and O–H groups in total. The molecule has 2 fully saturated rings. The standard InChI is InChI=1S/C18H27N3O2/c22-18(20-13-16-8-5-11-23-16)17-12-15(9-10-19-17)21-14-6-3-1-2-4-7-14/h9-10,12,14,16H,1-8,11,13H2,(H,19,21)(H,20,22). The average Bonchev–Trinajstić information content (AvgIpc) is 2.97. The lowest BCUT2D eigenvalue weighted by Gasteiger charge is -2.18. The third-order valence-corrected chi connectivity index (χ3v) is 4.73. The molecule has 1 aliphatic carbocycles. The predicted octanol–water partition coefficient (Wildman–Crippen LogP) is 3.13. The van der Waals surface area contributed by atoms with Crippen molar-refractivity contribution in [3.63, 3.8) is 0 Å². The SMILES string of the molecule is O=C(NCC1CCCO1)c1cc(NC2CCCCCC2)ccn1. The van der Waals surface area contributed by atoms with Crippen LogP contribution in [0.3, 0.4) is 0 Å². The minimum atomic E-state index is -0.120. The number of rotatable bonds is 5. The van der Waals surface area contributed by atoms with E-state index < -0.39 is 0 Å². The lowest BCUT2D eigenvalue weighted by Crippen LogP contribution is -2.32. The largest absolute Gasteiger partial charge is 0.382 e. The predicted molar refractivity (Wildman–Crippen MR) is 90.7 cm³/mol. The summed E-state index contributed by atoms with van der Waals surface area (Å²) in [5.74, 6) is -0.120. The molecule has 1 aromatic heterocycles. The fourth-order valence-electron chi connectivity index (χ4n) is 3.41. The van der Waals surface area contributed by atoms with E-state index in [9.17, 15) is 4.79 Å². The third-order valence-electron chi connectivity index (χ3n) is 4.73. The molecule has 5 heteroatoms. The minimum Gasteiger partial charge on any atom is -0.382 e. The van der Waals surface area contributed by atoms with E-state index in [4.69, 9.17) is 4.74 Å². The number of aromatic nitrogens is 1. The van der Waals surface area contributed by atoms with E-state index in [2.05, 4.69) is 15.6 Å². The van der Waals surface area contributed by atoms with Gasteiger partial charge in [0, 0.05) is 31.1 Å². The van der Waals surface area contributed by atoms with Gasteiger partial charge in [-0.2, -0.15) is 0 Å². The van der Waals surface area contributed by atoms with Gasteiger partial charge in [0.1, 0.15) is 5.69 Å². The van der Waals surface area contributed by atoms with E-state index in [0.717, 1.165) is 25.1 Å². The van der Waals surface area contributed by atoms with Gasteiger partial charge in [-0.3, -0.25) is 9.78 Å². The maximum atomic E-state index is 12.2. The second-order valence-corrected chi connectivity index (χ2v) is 6.61. The summed E-state index contributed by atoms with van der Waals surface area (Å²) in [4.78, 5) is 16.4. The topological polar surface area (TPSA) is 63.2 Å². The number of nitrogens with one attached hydrogen (secondary N) is 2. The number of ether oxygens (including phenoxy) is 1. The summed E-state index contributed by atoms with van der Waals surface area (Å²) in [5.41, 5.74) is 1.47. The quantitative estimate of drug-likeness (QED) is 0.819. The van der Waals surface area contributed by atoms with Gasteiger partial charge in [-0.25, -0.2) is 0 Å². The fourth-order valence-corrected chi connectivity index (χ4v) is 3.41. The molecule has 1 saturated heterocycles. The van der Waals surface area contributed by atoms with Crippen molar-refractivity contribution in [1.82, 2.24) is 10.3 Å². The Kier molecular flexibility index (Phi) is 5.86. The number of nitrogens with zero attached hydrogens (tertiary/aromatic N) is 1. The molecule has 0 radical (unpaired) electrons. The molecule has 1 aliphatic heterocycles. The van der Waals surface area contributed by atoms with Gasteiger partial charge < -0.3 is 15.4 Å². The molecule has 0 aromatic carbocycles. The molecular formula is C18H27N3O2. The maximum absolute atomic E-state index is 12.2. The van der Waals surface area contributed by atoms with Gasteiger partial charge in [0.05, 0.1) is 6.10 Å². The van der Waals surface area contributed by atoms with Crippen molar-refractivity contribution in [1.29, 1.82) is 0 Å². The average molecular weight is 317 g/mol. The van der Waals surface area contributed by atoms with Crippen molar-refractivity contribution in [3.05, 3.63) is 24.0 Å². The van der Waals surface area contributed by atoms with E-state index in [1.165, 1.54) is 38.5 Å². The Labute approximate surface area is 138 Å². The molecule has 1 aromatic rings. The number of hydrogen-bond acceptors (Lipinski definition) is 4. The number of pyridine rings is 1. The zero-order valence-electron chi connectivity index (χ0n) is 13.7. The summed E-state index contributed by atoms with van der Waals surface area (Å²) in [6, 6.07) is 4.32. The Hall–Kier alpha value is -1.62. The molecule has 1 atom stereocenters. The van der Waals surface area contributed by atoms with Crippen molar-refractivity contribution in [2.45, 2.75) is 63.5 Å². The molecule has 3 rings (SSSR count). The van der Waals surface area contributed by atoms with Crippen LogP contribution in [0.2, 0.25) is 0 Å². The Morgan fingerprint density at radius 2 is 2.00 bits per heavy atom. The first kappa shape index (κ1) is 16.2. The second-order valence-electron chi connectivity index (χ2n) is 6.61. The first-order chi connectivity index (χ1) is 11.3. The highest BCUT2D eigenvalue weighted by Crippen LogP contribution is 2.21. The van der Waals surface area contributed by atoms with Crippen LogP contribution in [-0.4, -0.2) is 36.2 Å². The highest BCUT2D eigenvalue weighted by Gasteiger charge is 2.17. The third kappa shape index (κ3) is 4.93. The van der Waals surface area contributed by atoms with Gasteiger partial charge in [-0.15, -0.1) is 0 Å². The Balaban J connectivity index is 1.54. The summed E-state index contributed by atoms with van der Waals surface area (Å²) >= 11 is 0. The van der Waals surface area contributed by atoms with Crippen LogP contribution in [0.1, 0.15) is 61.9 Å². The van der Waals surface area contributed by atoms with Gasteiger partial charge in [0.2, 0.25) is 0 Å². The summed E-state index contributed by atoms with van der Waals surface area (Å²) in [6.45, 7) is 1.38. The monoisotopic (exact) mass is 317 g/mol. The number of anilines is 1. The summed E-state index contributed by atoms with van der Waals surface area (Å²) in [7, 11) is 0. The second kappa shape index (κ2) is 8.29. The van der Waals surface area contributed by atoms with Crippen LogP contribution in [0.15, 0.2) is 18.3 Å². The number of hydrogen-bond donors (Lipinski definition) is 2. The van der Waals surface area contributed by atoms with Crippen molar-refractivity contribution in [3.8, 4) is 0 Å². The normalized spacial score (nSPS) is 22.5. The zero-order valence-corrected chi connectivity index (χ0v) is 13.7. The number of amides is 1. The summed E-state index contributed by atoms with van der Waals surface area (Å²) in [6.07, 6.45) is 11.7. The van der Waals surface area contributed by atoms with Crippen LogP contribution in [0.5, 0.6) is 0 Å². The Bertz CT molecular complexity index is 507. The number of carbonyl (C=O) groups is 1. The van der Waals surface area contributed by atoms with Crippen LogP contribution < -0.4 is 10.6 Å². The van der Waals surface area contributed by atoms with E-state index in [1.807, 2.05) is 12.1 Å². The van der Waals surface area contributed by atoms with Crippen LogP contribution in [0.25, 0.3) is 0 Å². The van der Waals surface area contributed by atoms with E-state index in [1.54, 1.807) is 6.20 Å².